The van der Waals surface area contributed by atoms with Crippen molar-refractivity contribution in [1.82, 2.24) is 0 Å². The van der Waals surface area contributed by atoms with Crippen molar-refractivity contribution in [3.05, 3.63) is 34.4 Å². The van der Waals surface area contributed by atoms with Crippen LogP contribution in [0.5, 0.6) is 0 Å². The molecule has 0 spiro atoms. The highest BCUT2D eigenvalue weighted by Gasteiger charge is 2.23. The normalized spacial score (nSPS) is 20.8. The standard InChI is InChI=1S/C16H21NO2/c1-11-8-12(2)16(13(3)9-11)14(10-17)19-15-6-4-5-7-18-15/h8-9,14-15H,4-7H2,1-3H3. The summed E-state index contributed by atoms with van der Waals surface area (Å²) in [5.41, 5.74) is 4.42. The predicted molar refractivity (Wildman–Crippen MR) is 73.7 cm³/mol. The van der Waals surface area contributed by atoms with Crippen LogP contribution in [0.1, 0.15) is 47.6 Å². The summed E-state index contributed by atoms with van der Waals surface area (Å²) in [6, 6.07) is 6.45. The molecule has 0 N–H and O–H groups in total. The summed E-state index contributed by atoms with van der Waals surface area (Å²) in [6.45, 7) is 6.86. The summed E-state index contributed by atoms with van der Waals surface area (Å²) < 4.78 is 11.4. The summed E-state index contributed by atoms with van der Waals surface area (Å²) in [5.74, 6) is 0. The fourth-order valence-corrected chi connectivity index (χ4v) is 2.74. The molecule has 3 heteroatoms. The van der Waals surface area contributed by atoms with Gasteiger partial charge in [-0.3, -0.25) is 0 Å². The molecule has 0 bridgehead atoms. The van der Waals surface area contributed by atoms with E-state index in [1.54, 1.807) is 0 Å². The minimum absolute atomic E-state index is 0.237. The van der Waals surface area contributed by atoms with Crippen molar-refractivity contribution in [3.63, 3.8) is 0 Å². The first-order valence-electron chi connectivity index (χ1n) is 6.86. The van der Waals surface area contributed by atoms with Gasteiger partial charge in [0.2, 0.25) is 0 Å². The lowest BCUT2D eigenvalue weighted by molar-refractivity contribution is -0.178. The molecule has 1 aliphatic rings. The van der Waals surface area contributed by atoms with Crippen molar-refractivity contribution in [2.24, 2.45) is 0 Å². The van der Waals surface area contributed by atoms with Crippen molar-refractivity contribution >= 4 is 0 Å². The Morgan fingerprint density at radius 3 is 2.47 bits per heavy atom. The second kappa shape index (κ2) is 6.18. The second-order valence-corrected chi connectivity index (χ2v) is 5.25. The third-order valence-corrected chi connectivity index (χ3v) is 3.54. The van der Waals surface area contributed by atoms with Gasteiger partial charge in [0.25, 0.3) is 0 Å². The quantitative estimate of drug-likeness (QED) is 0.830. The SMILES string of the molecule is Cc1cc(C)c(C(C#N)OC2CCCCO2)c(C)c1. The highest BCUT2D eigenvalue weighted by atomic mass is 16.7. The number of ether oxygens (including phenoxy) is 2. The molecular weight excluding hydrogens is 238 g/mol. The summed E-state index contributed by atoms with van der Waals surface area (Å²) in [4.78, 5) is 0. The van der Waals surface area contributed by atoms with E-state index in [-0.39, 0.29) is 6.29 Å². The number of hydrogen-bond donors (Lipinski definition) is 0. The lowest BCUT2D eigenvalue weighted by Gasteiger charge is -2.26. The van der Waals surface area contributed by atoms with E-state index in [1.165, 1.54) is 5.56 Å². The van der Waals surface area contributed by atoms with Crippen molar-refractivity contribution < 1.29 is 9.47 Å². The van der Waals surface area contributed by atoms with Gasteiger partial charge in [-0.2, -0.15) is 5.26 Å². The van der Waals surface area contributed by atoms with Crippen LogP contribution in [-0.2, 0) is 9.47 Å². The molecule has 1 saturated heterocycles. The number of benzene rings is 1. The Morgan fingerprint density at radius 1 is 1.26 bits per heavy atom. The molecule has 2 rings (SSSR count). The second-order valence-electron chi connectivity index (χ2n) is 5.25. The number of nitrogens with zero attached hydrogens (tertiary/aromatic N) is 1. The van der Waals surface area contributed by atoms with Gasteiger partial charge in [0.15, 0.2) is 12.4 Å². The smallest absolute Gasteiger partial charge is 0.172 e. The molecule has 1 aromatic rings. The highest BCUT2D eigenvalue weighted by Crippen LogP contribution is 2.29. The van der Waals surface area contributed by atoms with Crippen LogP contribution in [0.2, 0.25) is 0 Å². The Kier molecular flexibility index (Phi) is 4.57. The molecule has 19 heavy (non-hydrogen) atoms. The molecule has 1 heterocycles. The van der Waals surface area contributed by atoms with E-state index >= 15 is 0 Å². The van der Waals surface area contributed by atoms with Crippen LogP contribution in [0, 0.1) is 32.1 Å². The zero-order valence-electron chi connectivity index (χ0n) is 11.9. The largest absolute Gasteiger partial charge is 0.353 e. The van der Waals surface area contributed by atoms with E-state index in [0.29, 0.717) is 0 Å². The van der Waals surface area contributed by atoms with Crippen molar-refractivity contribution in [2.45, 2.75) is 52.4 Å². The first-order valence-corrected chi connectivity index (χ1v) is 6.86. The molecule has 3 nitrogen and oxygen atoms in total. The molecule has 0 saturated carbocycles. The Balaban J connectivity index is 2.20. The maximum atomic E-state index is 9.40. The lowest BCUT2D eigenvalue weighted by Crippen LogP contribution is -2.24. The van der Waals surface area contributed by atoms with Crippen LogP contribution in [0.3, 0.4) is 0 Å². The number of nitriles is 1. The number of hydrogen-bond acceptors (Lipinski definition) is 3. The average Bonchev–Trinajstić information content (AvgIpc) is 2.37. The van der Waals surface area contributed by atoms with Crippen LogP contribution in [0.15, 0.2) is 12.1 Å². The van der Waals surface area contributed by atoms with E-state index in [9.17, 15) is 5.26 Å². The Bertz CT molecular complexity index is 461. The van der Waals surface area contributed by atoms with E-state index in [2.05, 4.69) is 25.1 Å². The summed E-state index contributed by atoms with van der Waals surface area (Å²) >= 11 is 0. The Morgan fingerprint density at radius 2 is 1.95 bits per heavy atom. The maximum absolute atomic E-state index is 9.40. The van der Waals surface area contributed by atoms with Crippen molar-refractivity contribution in [2.75, 3.05) is 6.61 Å². The highest BCUT2D eigenvalue weighted by molar-refractivity contribution is 5.41. The zero-order chi connectivity index (χ0) is 13.8. The van der Waals surface area contributed by atoms with E-state index in [0.717, 1.165) is 42.6 Å². The van der Waals surface area contributed by atoms with Crippen LogP contribution in [-0.4, -0.2) is 12.9 Å². The van der Waals surface area contributed by atoms with Gasteiger partial charge in [-0.15, -0.1) is 0 Å². The topological polar surface area (TPSA) is 42.2 Å². The first-order chi connectivity index (χ1) is 9.11. The minimum Gasteiger partial charge on any atom is -0.353 e. The van der Waals surface area contributed by atoms with E-state index in [1.807, 2.05) is 13.8 Å². The van der Waals surface area contributed by atoms with E-state index in [4.69, 9.17) is 9.47 Å². The maximum Gasteiger partial charge on any atom is 0.172 e. The molecule has 0 amide bonds. The van der Waals surface area contributed by atoms with Gasteiger partial charge in [0.05, 0.1) is 6.07 Å². The van der Waals surface area contributed by atoms with Gasteiger partial charge < -0.3 is 9.47 Å². The van der Waals surface area contributed by atoms with Gasteiger partial charge in [-0.05, 0) is 51.2 Å². The molecule has 1 aliphatic heterocycles. The zero-order valence-corrected chi connectivity index (χ0v) is 11.9. The number of rotatable bonds is 3. The van der Waals surface area contributed by atoms with Crippen LogP contribution < -0.4 is 0 Å². The molecule has 1 fully saturated rings. The van der Waals surface area contributed by atoms with Crippen LogP contribution in [0.25, 0.3) is 0 Å². The molecule has 102 valence electrons. The molecule has 0 aromatic heterocycles. The number of aryl methyl sites for hydroxylation is 3. The first kappa shape index (κ1) is 14.0. The van der Waals surface area contributed by atoms with Gasteiger partial charge in [0, 0.05) is 12.2 Å². The molecule has 2 atom stereocenters. The summed E-state index contributed by atoms with van der Waals surface area (Å²) in [7, 11) is 0. The van der Waals surface area contributed by atoms with Gasteiger partial charge in [-0.1, -0.05) is 17.7 Å². The van der Waals surface area contributed by atoms with Crippen LogP contribution >= 0.6 is 0 Å². The van der Waals surface area contributed by atoms with Crippen molar-refractivity contribution in [1.29, 1.82) is 5.26 Å². The molecule has 0 aliphatic carbocycles. The third-order valence-electron chi connectivity index (χ3n) is 3.54. The lowest BCUT2D eigenvalue weighted by atomic mass is 9.96. The summed E-state index contributed by atoms with van der Waals surface area (Å²) in [6.07, 6.45) is 2.29. The van der Waals surface area contributed by atoms with Gasteiger partial charge in [-0.25, -0.2) is 0 Å². The monoisotopic (exact) mass is 259 g/mol. The molecular formula is C16H21NO2. The molecule has 2 unspecified atom stereocenters. The van der Waals surface area contributed by atoms with Gasteiger partial charge in [0.1, 0.15) is 0 Å². The Hall–Kier alpha value is -1.37. The summed E-state index contributed by atoms with van der Waals surface area (Å²) in [5, 5.41) is 9.40. The van der Waals surface area contributed by atoms with Crippen molar-refractivity contribution in [3.8, 4) is 6.07 Å². The minimum atomic E-state index is -0.538. The predicted octanol–water partition coefficient (Wildman–Crippen LogP) is 3.72. The van der Waals surface area contributed by atoms with Gasteiger partial charge >= 0.3 is 0 Å². The van der Waals surface area contributed by atoms with Crippen LogP contribution in [0.4, 0.5) is 0 Å². The van der Waals surface area contributed by atoms with E-state index < -0.39 is 6.10 Å². The third kappa shape index (κ3) is 3.34. The Labute approximate surface area is 115 Å². The fraction of sp³-hybridized carbons (Fsp3) is 0.562. The molecule has 1 aromatic carbocycles. The average molecular weight is 259 g/mol. The fourth-order valence-electron chi connectivity index (χ4n) is 2.74. The molecule has 0 radical (unpaired) electrons.